The Hall–Kier alpha value is -6.50. The number of rotatable bonds is 3. The Kier molecular flexibility index (Phi) is 5.76. The van der Waals surface area contributed by atoms with E-state index < -0.39 is 0 Å². The van der Waals surface area contributed by atoms with Crippen LogP contribution in [0.25, 0.3) is 109 Å². The first-order valence-corrected chi connectivity index (χ1v) is 17.4. The standard InChI is InChI=1S/C50H30/c1-3-10-36-28-39(20-16-31(36)8-1)48-42-14-5-6-15-43(42)49(40-21-17-32-9-2-4-11-37(32)29-40)46-30-38(24-27-45(46)48)41-25-22-35-19-18-33-12-7-13-34-23-26-44(41)50(35)47(33)34/h1-30H. The second-order valence-corrected chi connectivity index (χ2v) is 13.6. The lowest BCUT2D eigenvalue weighted by Crippen LogP contribution is -1.93. The molecule has 0 spiro atoms. The summed E-state index contributed by atoms with van der Waals surface area (Å²) in [6.45, 7) is 0. The van der Waals surface area contributed by atoms with Crippen molar-refractivity contribution in [2.45, 2.75) is 0 Å². The molecule has 0 heterocycles. The molecule has 230 valence electrons. The molecule has 0 saturated heterocycles. The van der Waals surface area contributed by atoms with Crippen molar-refractivity contribution in [2.24, 2.45) is 0 Å². The van der Waals surface area contributed by atoms with Crippen molar-refractivity contribution in [3.63, 3.8) is 0 Å². The van der Waals surface area contributed by atoms with Crippen LogP contribution in [0.4, 0.5) is 0 Å². The molecule has 0 N–H and O–H groups in total. The fourth-order valence-electron chi connectivity index (χ4n) is 8.64. The first-order chi connectivity index (χ1) is 24.8. The summed E-state index contributed by atoms with van der Waals surface area (Å²) < 4.78 is 0. The summed E-state index contributed by atoms with van der Waals surface area (Å²) in [5.41, 5.74) is 7.55. The van der Waals surface area contributed by atoms with Crippen molar-refractivity contribution in [3.05, 3.63) is 182 Å². The van der Waals surface area contributed by atoms with Crippen LogP contribution in [0.2, 0.25) is 0 Å². The summed E-state index contributed by atoms with van der Waals surface area (Å²) in [6, 6.07) is 67.8. The topological polar surface area (TPSA) is 0 Å². The zero-order valence-electron chi connectivity index (χ0n) is 27.3. The molecule has 11 rings (SSSR count). The van der Waals surface area contributed by atoms with Crippen molar-refractivity contribution >= 4 is 75.4 Å². The van der Waals surface area contributed by atoms with Crippen LogP contribution >= 0.6 is 0 Å². The molecule has 0 fully saturated rings. The van der Waals surface area contributed by atoms with Gasteiger partial charge in [0.15, 0.2) is 0 Å². The normalized spacial score (nSPS) is 12.0. The van der Waals surface area contributed by atoms with Gasteiger partial charge in [-0.25, -0.2) is 0 Å². The molecule has 0 radical (unpaired) electrons. The van der Waals surface area contributed by atoms with Crippen LogP contribution in [0.15, 0.2) is 182 Å². The van der Waals surface area contributed by atoms with Crippen LogP contribution in [0, 0.1) is 0 Å². The van der Waals surface area contributed by atoms with Crippen LogP contribution in [0.3, 0.4) is 0 Å². The first kappa shape index (κ1) is 27.5. The second kappa shape index (κ2) is 10.5. The van der Waals surface area contributed by atoms with Gasteiger partial charge < -0.3 is 0 Å². The van der Waals surface area contributed by atoms with Gasteiger partial charge in [0.25, 0.3) is 0 Å². The fourth-order valence-corrected chi connectivity index (χ4v) is 8.64. The molecule has 0 unspecified atom stereocenters. The molecule has 11 aromatic rings. The van der Waals surface area contributed by atoms with Crippen molar-refractivity contribution in [3.8, 4) is 33.4 Å². The van der Waals surface area contributed by atoms with Crippen LogP contribution in [0.1, 0.15) is 0 Å². The molecule has 0 aromatic heterocycles. The van der Waals surface area contributed by atoms with Crippen molar-refractivity contribution < 1.29 is 0 Å². The van der Waals surface area contributed by atoms with E-state index in [-0.39, 0.29) is 0 Å². The van der Waals surface area contributed by atoms with Crippen LogP contribution in [0.5, 0.6) is 0 Å². The zero-order chi connectivity index (χ0) is 32.8. The molecule has 0 heteroatoms. The second-order valence-electron chi connectivity index (χ2n) is 13.6. The third-order valence-electron chi connectivity index (χ3n) is 10.9. The van der Waals surface area contributed by atoms with Crippen molar-refractivity contribution in [1.29, 1.82) is 0 Å². The summed E-state index contributed by atoms with van der Waals surface area (Å²) >= 11 is 0. The van der Waals surface area contributed by atoms with Crippen molar-refractivity contribution in [1.82, 2.24) is 0 Å². The van der Waals surface area contributed by atoms with E-state index in [0.717, 1.165) is 0 Å². The maximum atomic E-state index is 2.46. The van der Waals surface area contributed by atoms with E-state index in [0.29, 0.717) is 0 Å². The maximum absolute atomic E-state index is 2.46. The van der Waals surface area contributed by atoms with Gasteiger partial charge in [-0.2, -0.15) is 0 Å². The third kappa shape index (κ3) is 4.00. The van der Waals surface area contributed by atoms with Gasteiger partial charge in [-0.1, -0.05) is 164 Å². The van der Waals surface area contributed by atoms with Gasteiger partial charge >= 0.3 is 0 Å². The quantitative estimate of drug-likeness (QED) is 0.135. The smallest absolute Gasteiger partial charge is 0.00206 e. The molecule has 11 aromatic carbocycles. The fraction of sp³-hybridized carbons (Fsp3) is 0. The van der Waals surface area contributed by atoms with E-state index >= 15 is 0 Å². The average molecular weight is 631 g/mol. The summed E-state index contributed by atoms with van der Waals surface area (Å²) in [7, 11) is 0. The van der Waals surface area contributed by atoms with E-state index in [1.54, 1.807) is 0 Å². The zero-order valence-corrected chi connectivity index (χ0v) is 27.3. The van der Waals surface area contributed by atoms with Crippen LogP contribution in [-0.2, 0) is 0 Å². The lowest BCUT2D eigenvalue weighted by atomic mass is 9.83. The Balaban J connectivity index is 1.26. The largest absolute Gasteiger partial charge is 0.0616 e. The minimum atomic E-state index is 1.23. The van der Waals surface area contributed by atoms with E-state index in [9.17, 15) is 0 Å². The van der Waals surface area contributed by atoms with Gasteiger partial charge in [0, 0.05) is 0 Å². The average Bonchev–Trinajstić information content (AvgIpc) is 3.18. The lowest BCUT2D eigenvalue weighted by molar-refractivity contribution is 1.67. The Bertz CT molecular complexity index is 3130. The molecule has 0 amide bonds. The SMILES string of the molecule is c1ccc2cc(-c3c4ccccc4c(-c4ccc5ccccc5c4)c4cc(-c5ccc6ccc7cccc8ccc5c6c78)ccc34)ccc2c1. The van der Waals surface area contributed by atoms with E-state index in [4.69, 9.17) is 0 Å². The molecule has 0 aliphatic rings. The van der Waals surface area contributed by atoms with E-state index in [1.807, 2.05) is 0 Å². The Morgan fingerprint density at radius 1 is 0.220 bits per heavy atom. The van der Waals surface area contributed by atoms with Gasteiger partial charge in [0.1, 0.15) is 0 Å². The van der Waals surface area contributed by atoms with Crippen LogP contribution < -0.4 is 0 Å². The number of benzene rings is 11. The van der Waals surface area contributed by atoms with Gasteiger partial charge in [-0.15, -0.1) is 0 Å². The number of hydrogen-bond donors (Lipinski definition) is 0. The molecule has 0 nitrogen and oxygen atoms in total. The lowest BCUT2D eigenvalue weighted by Gasteiger charge is -2.20. The minimum absolute atomic E-state index is 1.23. The molecule has 0 aliphatic carbocycles. The maximum Gasteiger partial charge on any atom is -0.00206 e. The molecule has 0 atom stereocenters. The highest BCUT2D eigenvalue weighted by Gasteiger charge is 2.19. The van der Waals surface area contributed by atoms with Crippen molar-refractivity contribution in [2.75, 3.05) is 0 Å². The van der Waals surface area contributed by atoms with Gasteiger partial charge in [0.2, 0.25) is 0 Å². The summed E-state index contributed by atoms with van der Waals surface area (Å²) in [4.78, 5) is 0. The minimum Gasteiger partial charge on any atom is -0.0616 e. The predicted octanol–water partition coefficient (Wildman–Crippen LogP) is 14.2. The highest BCUT2D eigenvalue weighted by molar-refractivity contribution is 6.26. The Morgan fingerprint density at radius 2 is 0.660 bits per heavy atom. The van der Waals surface area contributed by atoms with Gasteiger partial charge in [-0.3, -0.25) is 0 Å². The Morgan fingerprint density at radius 3 is 1.32 bits per heavy atom. The number of hydrogen-bond acceptors (Lipinski definition) is 0. The summed E-state index contributed by atoms with van der Waals surface area (Å²) in [5.74, 6) is 0. The third-order valence-corrected chi connectivity index (χ3v) is 10.9. The van der Waals surface area contributed by atoms with Gasteiger partial charge in [-0.05, 0) is 127 Å². The molecule has 0 saturated carbocycles. The molecule has 0 bridgehead atoms. The first-order valence-electron chi connectivity index (χ1n) is 17.4. The summed E-state index contributed by atoms with van der Waals surface area (Å²) in [6.07, 6.45) is 0. The molecule has 50 heavy (non-hydrogen) atoms. The van der Waals surface area contributed by atoms with Gasteiger partial charge in [0.05, 0.1) is 0 Å². The van der Waals surface area contributed by atoms with Crippen LogP contribution in [-0.4, -0.2) is 0 Å². The highest BCUT2D eigenvalue weighted by Crippen LogP contribution is 2.47. The van der Waals surface area contributed by atoms with E-state index in [2.05, 4.69) is 182 Å². The predicted molar refractivity (Wildman–Crippen MR) is 216 cm³/mol. The monoisotopic (exact) mass is 630 g/mol. The molecular formula is C50H30. The highest BCUT2D eigenvalue weighted by atomic mass is 14.2. The molecular weight excluding hydrogens is 601 g/mol. The van der Waals surface area contributed by atoms with E-state index in [1.165, 1.54) is 109 Å². The molecule has 0 aliphatic heterocycles. The summed E-state index contributed by atoms with van der Waals surface area (Å²) in [5, 5.41) is 18.0. The Labute approximate surface area is 289 Å². The number of fused-ring (bicyclic) bond motifs is 4.